The van der Waals surface area contributed by atoms with E-state index in [-0.39, 0.29) is 17.5 Å². The van der Waals surface area contributed by atoms with E-state index >= 15 is 0 Å². The van der Waals surface area contributed by atoms with Gasteiger partial charge in [-0.05, 0) is 31.2 Å². The van der Waals surface area contributed by atoms with Crippen molar-refractivity contribution in [3.63, 3.8) is 0 Å². The maximum absolute atomic E-state index is 12.1. The molecule has 5 heterocycles. The normalized spacial score (nSPS) is 16.7. The topological polar surface area (TPSA) is 158 Å². The van der Waals surface area contributed by atoms with E-state index < -0.39 is 5.91 Å². The average molecular weight is 562 g/mol. The van der Waals surface area contributed by atoms with Gasteiger partial charge in [-0.3, -0.25) is 14.8 Å². The van der Waals surface area contributed by atoms with Crippen LogP contribution in [-0.4, -0.2) is 76.4 Å². The van der Waals surface area contributed by atoms with Crippen LogP contribution in [0.5, 0.6) is 0 Å². The van der Waals surface area contributed by atoms with E-state index in [2.05, 4.69) is 31.6 Å². The number of fused-ring (bicyclic) bond motifs is 2. The Labute approximate surface area is 233 Å². The molecule has 1 aromatic carbocycles. The van der Waals surface area contributed by atoms with Crippen LogP contribution in [0.2, 0.25) is 0 Å². The maximum atomic E-state index is 12.1. The number of amides is 2. The average Bonchev–Trinajstić information content (AvgIpc) is 3.39. The molecule has 6 rings (SSSR count). The van der Waals surface area contributed by atoms with Crippen LogP contribution in [0.15, 0.2) is 36.7 Å². The Bertz CT molecular complexity index is 1590. The van der Waals surface area contributed by atoms with Crippen LogP contribution in [0.3, 0.4) is 0 Å². The summed E-state index contributed by atoms with van der Waals surface area (Å²) < 4.78 is 6.57. The van der Waals surface area contributed by atoms with Gasteiger partial charge in [-0.1, -0.05) is 0 Å². The smallest absolute Gasteiger partial charge is 0.277 e. The third-order valence-electron chi connectivity index (χ3n) is 6.75. The van der Waals surface area contributed by atoms with Gasteiger partial charge < -0.3 is 25.2 Å². The van der Waals surface area contributed by atoms with Gasteiger partial charge in [0.05, 0.1) is 46.9 Å². The second-order valence-corrected chi connectivity index (χ2v) is 10.7. The molecule has 2 amide bonds. The quantitative estimate of drug-likeness (QED) is 0.202. The maximum Gasteiger partial charge on any atom is 0.277 e. The minimum absolute atomic E-state index is 0.0692. The number of nitrogens with zero attached hydrogens (tertiary/aromatic N) is 6. The Morgan fingerprint density at radius 2 is 1.98 bits per heavy atom. The zero-order valence-corrected chi connectivity index (χ0v) is 22.7. The molecule has 4 N–H and O–H groups in total. The monoisotopic (exact) mass is 561 g/mol. The molecular weight excluding hydrogens is 534 g/mol. The lowest BCUT2D eigenvalue weighted by atomic mass is 10.1. The SMILES string of the molecule is CC1Nc2cc(-c3nc(N4CCOCC4)c4sc(CN(C)c5ncc(C(=O)NO)cn5)cc4n3)ccc2NC1=O. The van der Waals surface area contributed by atoms with Crippen molar-refractivity contribution in [3.05, 3.63) is 47.1 Å². The molecule has 1 atom stereocenters. The van der Waals surface area contributed by atoms with Gasteiger partial charge in [0, 0.05) is 43.0 Å². The van der Waals surface area contributed by atoms with Gasteiger partial charge in [-0.15, -0.1) is 11.3 Å². The van der Waals surface area contributed by atoms with Crippen LogP contribution in [-0.2, 0) is 16.1 Å². The number of benzene rings is 1. The predicted molar refractivity (Wildman–Crippen MR) is 151 cm³/mol. The molecule has 2 aliphatic rings. The molecule has 206 valence electrons. The fourth-order valence-corrected chi connectivity index (χ4v) is 5.78. The Morgan fingerprint density at radius 3 is 2.73 bits per heavy atom. The molecule has 0 spiro atoms. The standard InChI is InChI=1S/C26H27N9O4S/c1-14-24(36)31-18-4-3-15(9-19(18)29-14)22-30-20-10-17(40-21(20)23(32-22)35-5-7-39-8-6-35)13-34(2)26-27-11-16(12-28-26)25(37)33-38/h3-4,9-12,14,29,38H,5-8,13H2,1-2H3,(H,31,36)(H,33,37). The lowest BCUT2D eigenvalue weighted by Gasteiger charge is -2.28. The highest BCUT2D eigenvalue weighted by Gasteiger charge is 2.24. The molecule has 0 radical (unpaired) electrons. The number of morpholine rings is 1. The number of thiophene rings is 1. The van der Waals surface area contributed by atoms with Gasteiger partial charge in [0.15, 0.2) is 11.6 Å². The molecule has 3 aromatic heterocycles. The number of hydroxylamine groups is 1. The zero-order chi connectivity index (χ0) is 27.8. The van der Waals surface area contributed by atoms with Crippen LogP contribution in [0, 0.1) is 0 Å². The predicted octanol–water partition coefficient (Wildman–Crippen LogP) is 2.49. The molecule has 0 aliphatic carbocycles. The minimum atomic E-state index is -0.669. The van der Waals surface area contributed by atoms with Gasteiger partial charge in [0.2, 0.25) is 11.9 Å². The van der Waals surface area contributed by atoms with E-state index in [1.54, 1.807) is 16.8 Å². The van der Waals surface area contributed by atoms with Crippen molar-refractivity contribution < 1.29 is 19.5 Å². The van der Waals surface area contributed by atoms with E-state index in [1.165, 1.54) is 12.4 Å². The molecule has 1 unspecified atom stereocenters. The van der Waals surface area contributed by atoms with E-state index in [0.29, 0.717) is 31.5 Å². The Kier molecular flexibility index (Phi) is 6.88. The number of ether oxygens (including phenoxy) is 1. The Balaban J connectivity index is 1.34. The molecular formula is C26H27N9O4S. The third-order valence-corrected chi connectivity index (χ3v) is 7.86. The van der Waals surface area contributed by atoms with E-state index in [0.717, 1.165) is 50.9 Å². The summed E-state index contributed by atoms with van der Waals surface area (Å²) in [5.74, 6) is 1.17. The molecule has 2 aliphatic heterocycles. The number of carbonyl (C=O) groups excluding carboxylic acids is 2. The van der Waals surface area contributed by atoms with Gasteiger partial charge in [0.1, 0.15) is 6.04 Å². The molecule has 14 heteroatoms. The van der Waals surface area contributed by atoms with E-state index in [4.69, 9.17) is 19.9 Å². The Morgan fingerprint density at radius 1 is 1.20 bits per heavy atom. The number of carbonyl (C=O) groups is 2. The van der Waals surface area contributed by atoms with Crippen LogP contribution in [0.1, 0.15) is 22.2 Å². The van der Waals surface area contributed by atoms with Gasteiger partial charge in [-0.25, -0.2) is 25.4 Å². The molecule has 40 heavy (non-hydrogen) atoms. The van der Waals surface area contributed by atoms with Crippen molar-refractivity contribution in [2.75, 3.05) is 53.8 Å². The molecule has 0 bridgehead atoms. The summed E-state index contributed by atoms with van der Waals surface area (Å²) in [4.78, 5) is 47.2. The molecule has 0 saturated carbocycles. The molecule has 1 fully saturated rings. The van der Waals surface area contributed by atoms with Gasteiger partial charge in [-0.2, -0.15) is 0 Å². The number of hydrogen-bond donors (Lipinski definition) is 4. The van der Waals surface area contributed by atoms with Gasteiger partial charge in [0.25, 0.3) is 5.91 Å². The third kappa shape index (κ3) is 4.99. The summed E-state index contributed by atoms with van der Waals surface area (Å²) in [6, 6.07) is 7.47. The number of anilines is 4. The lowest BCUT2D eigenvalue weighted by Crippen LogP contribution is -2.37. The second-order valence-electron chi connectivity index (χ2n) is 9.58. The van der Waals surface area contributed by atoms with Crippen LogP contribution < -0.4 is 25.9 Å². The van der Waals surface area contributed by atoms with Crippen molar-refractivity contribution in [3.8, 4) is 11.4 Å². The zero-order valence-electron chi connectivity index (χ0n) is 21.8. The Hall–Kier alpha value is -4.40. The second kappa shape index (κ2) is 10.6. The minimum Gasteiger partial charge on any atom is -0.378 e. The first-order valence-electron chi connectivity index (χ1n) is 12.7. The fourth-order valence-electron chi connectivity index (χ4n) is 4.62. The highest BCUT2D eigenvalue weighted by Crippen LogP contribution is 2.37. The molecule has 1 saturated heterocycles. The van der Waals surface area contributed by atoms with Crippen LogP contribution in [0.4, 0.5) is 23.1 Å². The van der Waals surface area contributed by atoms with E-state index in [1.807, 2.05) is 37.1 Å². The van der Waals surface area contributed by atoms with Crippen molar-refractivity contribution in [1.29, 1.82) is 0 Å². The van der Waals surface area contributed by atoms with Crippen LogP contribution in [0.25, 0.3) is 21.6 Å². The largest absolute Gasteiger partial charge is 0.378 e. The van der Waals surface area contributed by atoms with Crippen molar-refractivity contribution >= 4 is 56.5 Å². The first-order valence-corrected chi connectivity index (χ1v) is 13.5. The lowest BCUT2D eigenvalue weighted by molar-refractivity contribution is -0.116. The van der Waals surface area contributed by atoms with Crippen LogP contribution >= 0.6 is 11.3 Å². The summed E-state index contributed by atoms with van der Waals surface area (Å²) in [7, 11) is 1.87. The molecule has 13 nitrogen and oxygen atoms in total. The van der Waals surface area contributed by atoms with E-state index in [9.17, 15) is 9.59 Å². The van der Waals surface area contributed by atoms with Crippen molar-refractivity contribution in [2.45, 2.75) is 19.5 Å². The molecule has 4 aromatic rings. The summed E-state index contributed by atoms with van der Waals surface area (Å²) >= 11 is 1.62. The first kappa shape index (κ1) is 25.9. The van der Waals surface area contributed by atoms with Gasteiger partial charge >= 0.3 is 0 Å². The number of hydrogen-bond acceptors (Lipinski definition) is 12. The first-order chi connectivity index (χ1) is 19.4. The highest BCUT2D eigenvalue weighted by atomic mass is 32.1. The summed E-state index contributed by atoms with van der Waals surface area (Å²) in [6.45, 7) is 5.06. The number of aromatic nitrogens is 4. The van der Waals surface area contributed by atoms with Crippen molar-refractivity contribution in [2.24, 2.45) is 0 Å². The summed E-state index contributed by atoms with van der Waals surface area (Å²) in [5, 5.41) is 15.0. The highest BCUT2D eigenvalue weighted by molar-refractivity contribution is 7.19. The number of nitrogens with one attached hydrogen (secondary N) is 3. The number of rotatable bonds is 6. The van der Waals surface area contributed by atoms with Crippen molar-refractivity contribution in [1.82, 2.24) is 25.4 Å². The summed E-state index contributed by atoms with van der Waals surface area (Å²) in [5.41, 5.74) is 4.98. The fraction of sp³-hybridized carbons (Fsp3) is 0.308. The summed E-state index contributed by atoms with van der Waals surface area (Å²) in [6.07, 6.45) is 2.73.